The summed E-state index contributed by atoms with van der Waals surface area (Å²) in [5, 5.41) is 2.41. The highest BCUT2D eigenvalue weighted by molar-refractivity contribution is 7.92. The van der Waals surface area contributed by atoms with Gasteiger partial charge in [-0.05, 0) is 42.0 Å². The van der Waals surface area contributed by atoms with Gasteiger partial charge in [0.15, 0.2) is 0 Å². The summed E-state index contributed by atoms with van der Waals surface area (Å²) in [7, 11) is -1.39. The normalized spacial score (nSPS) is 10.7. The molecule has 29 heavy (non-hydrogen) atoms. The Morgan fingerprint density at radius 1 is 0.897 bits per heavy atom. The van der Waals surface area contributed by atoms with Crippen LogP contribution < -0.4 is 10.0 Å². The Balaban J connectivity index is 2.00. The monoisotopic (exact) mass is 420 g/mol. The smallest absolute Gasteiger partial charge is 0.337 e. The highest BCUT2D eigenvalue weighted by Crippen LogP contribution is 2.18. The van der Waals surface area contributed by atoms with Crippen LogP contribution in [0.15, 0.2) is 53.4 Å². The predicted molar refractivity (Wildman–Crippen MR) is 104 cm³/mol. The standard InChI is InChI=1S/C19H20N2O7S/c1-27-18(23)12-20-17(22)11-13-3-7-15(8-4-13)21-29(25,26)16-9-5-14(6-10-16)19(24)28-2/h3-10,21H,11-12H2,1-2H3,(H,20,22). The van der Waals surface area contributed by atoms with Crippen LogP contribution in [0.1, 0.15) is 15.9 Å². The molecular formula is C19H20N2O7S. The van der Waals surface area contributed by atoms with E-state index in [0.717, 1.165) is 0 Å². The summed E-state index contributed by atoms with van der Waals surface area (Å²) in [6.07, 6.45) is 0.0268. The summed E-state index contributed by atoms with van der Waals surface area (Å²) in [4.78, 5) is 34.2. The van der Waals surface area contributed by atoms with Gasteiger partial charge in [-0.2, -0.15) is 0 Å². The first-order chi connectivity index (χ1) is 13.7. The van der Waals surface area contributed by atoms with Gasteiger partial charge in [-0.1, -0.05) is 12.1 Å². The quantitative estimate of drug-likeness (QED) is 0.612. The number of hydrogen-bond acceptors (Lipinski definition) is 7. The highest BCUT2D eigenvalue weighted by Gasteiger charge is 2.15. The zero-order chi connectivity index (χ0) is 21.4. The first kappa shape index (κ1) is 21.9. The first-order valence-electron chi connectivity index (χ1n) is 8.39. The summed E-state index contributed by atoms with van der Waals surface area (Å²) >= 11 is 0. The van der Waals surface area contributed by atoms with Crippen LogP contribution >= 0.6 is 0 Å². The molecule has 0 saturated heterocycles. The zero-order valence-corrected chi connectivity index (χ0v) is 16.6. The molecule has 0 heterocycles. The molecular weight excluding hydrogens is 400 g/mol. The number of hydrogen-bond donors (Lipinski definition) is 2. The van der Waals surface area contributed by atoms with E-state index in [1.165, 1.54) is 50.6 Å². The Hall–Kier alpha value is -3.40. The molecule has 9 nitrogen and oxygen atoms in total. The van der Waals surface area contributed by atoms with Crippen molar-refractivity contribution in [2.24, 2.45) is 0 Å². The van der Waals surface area contributed by atoms with Crippen molar-refractivity contribution in [3.8, 4) is 0 Å². The molecule has 0 bridgehead atoms. The van der Waals surface area contributed by atoms with Crippen molar-refractivity contribution >= 4 is 33.6 Å². The van der Waals surface area contributed by atoms with Gasteiger partial charge in [0.2, 0.25) is 5.91 Å². The second-order valence-corrected chi connectivity index (χ2v) is 7.53. The first-order valence-corrected chi connectivity index (χ1v) is 9.87. The van der Waals surface area contributed by atoms with Gasteiger partial charge in [-0.25, -0.2) is 13.2 Å². The van der Waals surface area contributed by atoms with Crippen molar-refractivity contribution in [1.82, 2.24) is 5.32 Å². The van der Waals surface area contributed by atoms with E-state index >= 15 is 0 Å². The number of anilines is 1. The van der Waals surface area contributed by atoms with Crippen molar-refractivity contribution in [2.75, 3.05) is 25.5 Å². The van der Waals surface area contributed by atoms with Crippen LogP contribution in [0.5, 0.6) is 0 Å². The number of benzene rings is 2. The average Bonchev–Trinajstić information content (AvgIpc) is 2.72. The number of amides is 1. The van der Waals surface area contributed by atoms with E-state index in [1.807, 2.05) is 0 Å². The van der Waals surface area contributed by atoms with Crippen LogP contribution in [0.3, 0.4) is 0 Å². The lowest BCUT2D eigenvalue weighted by Gasteiger charge is -2.09. The molecule has 0 atom stereocenters. The molecule has 2 aromatic rings. The van der Waals surface area contributed by atoms with Crippen molar-refractivity contribution in [1.29, 1.82) is 0 Å². The lowest BCUT2D eigenvalue weighted by molar-refractivity contribution is -0.141. The number of ether oxygens (including phenoxy) is 2. The van der Waals surface area contributed by atoms with Gasteiger partial charge in [0.1, 0.15) is 6.54 Å². The number of nitrogens with one attached hydrogen (secondary N) is 2. The molecule has 0 fully saturated rings. The van der Waals surface area contributed by atoms with Gasteiger partial charge in [0, 0.05) is 5.69 Å². The molecule has 0 spiro atoms. The fourth-order valence-corrected chi connectivity index (χ4v) is 3.34. The summed E-state index contributed by atoms with van der Waals surface area (Å²) in [6, 6.07) is 11.5. The minimum absolute atomic E-state index is 0.0172. The Labute approximate surface area is 168 Å². The SMILES string of the molecule is COC(=O)CNC(=O)Cc1ccc(NS(=O)(=O)c2ccc(C(=O)OC)cc2)cc1. The topological polar surface area (TPSA) is 128 Å². The van der Waals surface area contributed by atoms with E-state index in [1.54, 1.807) is 12.1 Å². The number of esters is 2. The second kappa shape index (κ2) is 9.69. The fourth-order valence-electron chi connectivity index (χ4n) is 2.28. The molecule has 0 radical (unpaired) electrons. The highest BCUT2D eigenvalue weighted by atomic mass is 32.2. The van der Waals surface area contributed by atoms with Crippen molar-refractivity contribution in [2.45, 2.75) is 11.3 Å². The molecule has 0 aliphatic rings. The fraction of sp³-hybridized carbons (Fsp3) is 0.211. The third kappa shape index (κ3) is 6.32. The molecule has 1 amide bonds. The summed E-state index contributed by atoms with van der Waals surface area (Å²) in [5.74, 6) is -1.48. The van der Waals surface area contributed by atoms with E-state index in [-0.39, 0.29) is 29.3 Å². The maximum Gasteiger partial charge on any atom is 0.337 e. The zero-order valence-electron chi connectivity index (χ0n) is 15.8. The number of sulfonamides is 1. The van der Waals surface area contributed by atoms with Gasteiger partial charge >= 0.3 is 11.9 Å². The van der Waals surface area contributed by atoms with Crippen molar-refractivity contribution < 1.29 is 32.3 Å². The lowest BCUT2D eigenvalue weighted by Crippen LogP contribution is -2.31. The third-order valence-electron chi connectivity index (χ3n) is 3.81. The van der Waals surface area contributed by atoms with Gasteiger partial charge in [0.05, 0.1) is 31.1 Å². The molecule has 2 rings (SSSR count). The van der Waals surface area contributed by atoms with E-state index < -0.39 is 22.0 Å². The Morgan fingerprint density at radius 2 is 1.52 bits per heavy atom. The van der Waals surface area contributed by atoms with Crippen LogP contribution in [0.4, 0.5) is 5.69 Å². The summed E-state index contributed by atoms with van der Waals surface area (Å²) < 4.78 is 36.3. The minimum atomic E-state index is -3.85. The largest absolute Gasteiger partial charge is 0.468 e. The molecule has 0 aliphatic carbocycles. The van der Waals surface area contributed by atoms with E-state index in [0.29, 0.717) is 11.3 Å². The van der Waals surface area contributed by atoms with Gasteiger partial charge in [-0.15, -0.1) is 0 Å². The van der Waals surface area contributed by atoms with Gasteiger partial charge in [0.25, 0.3) is 10.0 Å². The van der Waals surface area contributed by atoms with Crippen molar-refractivity contribution in [3.05, 3.63) is 59.7 Å². The Bertz CT molecular complexity index is 984. The lowest BCUT2D eigenvalue weighted by atomic mass is 10.1. The average molecular weight is 420 g/mol. The van der Waals surface area contributed by atoms with E-state index in [4.69, 9.17) is 0 Å². The molecule has 154 valence electrons. The van der Waals surface area contributed by atoms with Crippen LogP contribution in [-0.2, 0) is 35.5 Å². The minimum Gasteiger partial charge on any atom is -0.468 e. The van der Waals surface area contributed by atoms with Crippen LogP contribution in [0.2, 0.25) is 0 Å². The Morgan fingerprint density at radius 3 is 2.07 bits per heavy atom. The maximum absolute atomic E-state index is 12.5. The molecule has 2 N–H and O–H groups in total. The van der Waals surface area contributed by atoms with Crippen LogP contribution in [0, 0.1) is 0 Å². The van der Waals surface area contributed by atoms with Crippen LogP contribution in [-0.4, -0.2) is 47.0 Å². The third-order valence-corrected chi connectivity index (χ3v) is 5.21. The molecule has 0 unspecified atom stereocenters. The van der Waals surface area contributed by atoms with Gasteiger partial charge < -0.3 is 14.8 Å². The van der Waals surface area contributed by atoms with E-state index in [9.17, 15) is 22.8 Å². The van der Waals surface area contributed by atoms with Crippen molar-refractivity contribution in [3.63, 3.8) is 0 Å². The molecule has 0 aliphatic heterocycles. The maximum atomic E-state index is 12.5. The summed E-state index contributed by atoms with van der Waals surface area (Å²) in [6.45, 7) is -0.220. The number of carbonyl (C=O) groups excluding carboxylic acids is 3. The van der Waals surface area contributed by atoms with E-state index in [2.05, 4.69) is 19.5 Å². The number of carbonyl (C=O) groups is 3. The molecule has 10 heteroatoms. The number of rotatable bonds is 8. The number of methoxy groups -OCH3 is 2. The Kier molecular flexibility index (Phi) is 7.32. The molecule has 0 saturated carbocycles. The van der Waals surface area contributed by atoms with Crippen LogP contribution in [0.25, 0.3) is 0 Å². The molecule has 0 aromatic heterocycles. The predicted octanol–water partition coefficient (Wildman–Crippen LogP) is 1.11. The molecule has 2 aromatic carbocycles. The summed E-state index contributed by atoms with van der Waals surface area (Å²) in [5.41, 5.74) is 1.18. The van der Waals surface area contributed by atoms with Gasteiger partial charge in [-0.3, -0.25) is 14.3 Å². The second-order valence-electron chi connectivity index (χ2n) is 5.85.